The Labute approximate surface area is 163 Å². The number of amides is 1. The van der Waals surface area contributed by atoms with E-state index >= 15 is 0 Å². The zero-order chi connectivity index (χ0) is 18.7. The second-order valence-electron chi connectivity index (χ2n) is 6.84. The number of nitrogens with zero attached hydrogens (tertiary/aromatic N) is 1. The number of halogens is 1. The molecule has 1 N–H and O–H groups in total. The van der Waals surface area contributed by atoms with Crippen molar-refractivity contribution in [2.24, 2.45) is 0 Å². The number of ether oxygens (including phenoxy) is 1. The highest BCUT2D eigenvalue weighted by Gasteiger charge is 2.19. The summed E-state index contributed by atoms with van der Waals surface area (Å²) in [4.78, 5) is 15.2. The molecule has 0 aliphatic carbocycles. The minimum atomic E-state index is -0.176. The summed E-state index contributed by atoms with van der Waals surface area (Å²) >= 11 is 3.45. The summed E-state index contributed by atoms with van der Waals surface area (Å²) in [7, 11) is 1.58. The van der Waals surface area contributed by atoms with Crippen LogP contribution in [0.4, 0.5) is 11.4 Å². The quantitative estimate of drug-likeness (QED) is 0.725. The van der Waals surface area contributed by atoms with E-state index < -0.39 is 0 Å². The van der Waals surface area contributed by atoms with Gasteiger partial charge in [-0.25, -0.2) is 0 Å². The Hall–Kier alpha value is -2.01. The van der Waals surface area contributed by atoms with Crippen LogP contribution in [0.25, 0.3) is 0 Å². The standard InChI is InChI=1S/C21H25BrN2O2/c1-14-12-16(22)13-19(20(14)26-3)21(25)23-17-7-9-18(10-8-17)24-11-5-4-6-15(24)2/h7-10,12-13,15H,4-6,11H2,1-3H3,(H,23,25)/t15-/m0/s1. The minimum Gasteiger partial charge on any atom is -0.496 e. The number of anilines is 2. The van der Waals surface area contributed by atoms with Crippen LogP contribution in [0.2, 0.25) is 0 Å². The molecule has 2 aromatic rings. The fraction of sp³-hybridized carbons (Fsp3) is 0.381. The van der Waals surface area contributed by atoms with Crippen LogP contribution >= 0.6 is 15.9 Å². The third-order valence-corrected chi connectivity index (χ3v) is 5.41. The smallest absolute Gasteiger partial charge is 0.259 e. The van der Waals surface area contributed by atoms with Gasteiger partial charge in [0.1, 0.15) is 5.75 Å². The van der Waals surface area contributed by atoms with Crippen molar-refractivity contribution in [2.75, 3.05) is 23.9 Å². The SMILES string of the molecule is COc1c(C)cc(Br)cc1C(=O)Nc1ccc(N2CCCC[C@@H]2C)cc1. The van der Waals surface area contributed by atoms with Crippen molar-refractivity contribution < 1.29 is 9.53 Å². The zero-order valence-electron chi connectivity index (χ0n) is 15.5. The van der Waals surface area contributed by atoms with E-state index in [4.69, 9.17) is 4.74 Å². The van der Waals surface area contributed by atoms with Crippen molar-refractivity contribution in [1.82, 2.24) is 0 Å². The van der Waals surface area contributed by atoms with Gasteiger partial charge in [0, 0.05) is 28.4 Å². The molecule has 5 heteroatoms. The van der Waals surface area contributed by atoms with E-state index in [1.54, 1.807) is 13.2 Å². The first kappa shape index (κ1) is 18.8. The third kappa shape index (κ3) is 4.04. The fourth-order valence-corrected chi connectivity index (χ4v) is 4.16. The normalized spacial score (nSPS) is 17.1. The summed E-state index contributed by atoms with van der Waals surface area (Å²) in [5, 5.41) is 2.97. The van der Waals surface area contributed by atoms with Gasteiger partial charge in [-0.15, -0.1) is 0 Å². The van der Waals surface area contributed by atoms with Crippen molar-refractivity contribution in [3.63, 3.8) is 0 Å². The molecule has 1 heterocycles. The van der Waals surface area contributed by atoms with Crippen LogP contribution in [-0.2, 0) is 0 Å². The third-order valence-electron chi connectivity index (χ3n) is 4.95. The molecule has 0 saturated carbocycles. The molecule has 3 rings (SSSR count). The molecule has 0 aromatic heterocycles. The van der Waals surface area contributed by atoms with E-state index in [0.29, 0.717) is 17.4 Å². The van der Waals surface area contributed by atoms with E-state index in [-0.39, 0.29) is 5.91 Å². The molecular weight excluding hydrogens is 392 g/mol. The minimum absolute atomic E-state index is 0.176. The van der Waals surface area contributed by atoms with Crippen LogP contribution in [0.5, 0.6) is 5.75 Å². The molecule has 1 fully saturated rings. The average Bonchev–Trinajstić information content (AvgIpc) is 2.62. The maximum Gasteiger partial charge on any atom is 0.259 e. The predicted octanol–water partition coefficient (Wildman–Crippen LogP) is 5.40. The van der Waals surface area contributed by atoms with Gasteiger partial charge in [0.2, 0.25) is 0 Å². The van der Waals surface area contributed by atoms with Crippen LogP contribution in [0.15, 0.2) is 40.9 Å². The lowest BCUT2D eigenvalue weighted by Crippen LogP contribution is -2.37. The van der Waals surface area contributed by atoms with Crippen LogP contribution in [0.3, 0.4) is 0 Å². The second-order valence-corrected chi connectivity index (χ2v) is 7.76. The number of nitrogens with one attached hydrogen (secondary N) is 1. The van der Waals surface area contributed by atoms with Gasteiger partial charge in [-0.2, -0.15) is 0 Å². The first-order valence-electron chi connectivity index (χ1n) is 9.02. The lowest BCUT2D eigenvalue weighted by Gasteiger charge is -2.35. The number of benzene rings is 2. The molecule has 1 saturated heterocycles. The van der Waals surface area contributed by atoms with Crippen LogP contribution < -0.4 is 15.0 Å². The van der Waals surface area contributed by atoms with Gasteiger partial charge in [0.15, 0.2) is 0 Å². The highest BCUT2D eigenvalue weighted by atomic mass is 79.9. The van der Waals surface area contributed by atoms with Crippen molar-refractivity contribution in [3.05, 3.63) is 52.0 Å². The first-order chi connectivity index (χ1) is 12.5. The van der Waals surface area contributed by atoms with Gasteiger partial charge in [0.25, 0.3) is 5.91 Å². The Morgan fingerprint density at radius 1 is 1.23 bits per heavy atom. The van der Waals surface area contributed by atoms with E-state index in [1.165, 1.54) is 24.9 Å². The van der Waals surface area contributed by atoms with Gasteiger partial charge in [-0.1, -0.05) is 15.9 Å². The summed E-state index contributed by atoms with van der Waals surface area (Å²) in [5.74, 6) is 0.426. The summed E-state index contributed by atoms with van der Waals surface area (Å²) in [5.41, 5.74) is 3.43. The van der Waals surface area contributed by atoms with E-state index in [9.17, 15) is 4.79 Å². The molecule has 0 bridgehead atoms. The molecule has 0 spiro atoms. The second kappa shape index (κ2) is 8.12. The highest BCUT2D eigenvalue weighted by Crippen LogP contribution is 2.29. The van der Waals surface area contributed by atoms with E-state index in [0.717, 1.165) is 22.3 Å². The van der Waals surface area contributed by atoms with Gasteiger partial charge in [-0.3, -0.25) is 4.79 Å². The van der Waals surface area contributed by atoms with Crippen molar-refractivity contribution in [1.29, 1.82) is 0 Å². The number of rotatable bonds is 4. The predicted molar refractivity (Wildman–Crippen MR) is 110 cm³/mol. The molecule has 138 valence electrons. The monoisotopic (exact) mass is 416 g/mol. The summed E-state index contributed by atoms with van der Waals surface area (Å²) in [6.45, 7) is 5.30. The summed E-state index contributed by atoms with van der Waals surface area (Å²) in [6, 6.07) is 12.4. The van der Waals surface area contributed by atoms with Gasteiger partial charge < -0.3 is 15.0 Å². The molecule has 1 aliphatic rings. The van der Waals surface area contributed by atoms with Gasteiger partial charge in [0.05, 0.1) is 12.7 Å². The fourth-order valence-electron chi connectivity index (χ4n) is 3.59. The van der Waals surface area contributed by atoms with Crippen LogP contribution in [0.1, 0.15) is 42.1 Å². The lowest BCUT2D eigenvalue weighted by atomic mass is 10.0. The molecule has 2 aromatic carbocycles. The number of piperidine rings is 1. The Balaban J connectivity index is 1.76. The van der Waals surface area contributed by atoms with E-state index in [2.05, 4.69) is 45.2 Å². The maximum absolute atomic E-state index is 12.7. The van der Waals surface area contributed by atoms with E-state index in [1.807, 2.05) is 25.1 Å². The molecule has 0 radical (unpaired) electrons. The highest BCUT2D eigenvalue weighted by molar-refractivity contribution is 9.10. The molecule has 26 heavy (non-hydrogen) atoms. The number of carbonyl (C=O) groups excluding carboxylic acids is 1. The summed E-state index contributed by atoms with van der Waals surface area (Å²) < 4.78 is 6.27. The van der Waals surface area contributed by atoms with Crippen LogP contribution in [0, 0.1) is 6.92 Å². The molecule has 0 unspecified atom stereocenters. The number of hydrogen-bond acceptors (Lipinski definition) is 3. The Morgan fingerprint density at radius 2 is 1.96 bits per heavy atom. The number of methoxy groups -OCH3 is 1. The Morgan fingerprint density at radius 3 is 2.62 bits per heavy atom. The zero-order valence-corrected chi connectivity index (χ0v) is 17.1. The molecular formula is C21H25BrN2O2. The maximum atomic E-state index is 12.7. The molecule has 1 amide bonds. The Bertz CT molecular complexity index is 789. The molecule has 1 atom stereocenters. The lowest BCUT2D eigenvalue weighted by molar-refractivity contribution is 0.102. The average molecular weight is 417 g/mol. The van der Waals surface area contributed by atoms with Crippen molar-refractivity contribution in [2.45, 2.75) is 39.2 Å². The topological polar surface area (TPSA) is 41.6 Å². The number of aryl methyl sites for hydroxylation is 1. The summed E-state index contributed by atoms with van der Waals surface area (Å²) in [6.07, 6.45) is 3.78. The number of carbonyl (C=O) groups is 1. The van der Waals surface area contributed by atoms with Crippen LogP contribution in [-0.4, -0.2) is 25.6 Å². The van der Waals surface area contributed by atoms with Gasteiger partial charge in [-0.05, 0) is 75.1 Å². The molecule has 1 aliphatic heterocycles. The first-order valence-corrected chi connectivity index (χ1v) is 9.81. The van der Waals surface area contributed by atoms with Gasteiger partial charge >= 0.3 is 0 Å². The van der Waals surface area contributed by atoms with Crippen molar-refractivity contribution >= 4 is 33.2 Å². The number of hydrogen-bond donors (Lipinski definition) is 1. The Kier molecular flexibility index (Phi) is 5.87. The largest absolute Gasteiger partial charge is 0.496 e. The molecule has 4 nitrogen and oxygen atoms in total. The van der Waals surface area contributed by atoms with Crippen molar-refractivity contribution in [3.8, 4) is 5.75 Å².